The van der Waals surface area contributed by atoms with Gasteiger partial charge < -0.3 is 10.5 Å². The minimum absolute atomic E-state index is 0.343. The molecule has 0 fully saturated rings. The zero-order chi connectivity index (χ0) is 10.8. The van der Waals surface area contributed by atoms with Crippen LogP contribution in [0.15, 0.2) is 0 Å². The third kappa shape index (κ3) is 11.9. The summed E-state index contributed by atoms with van der Waals surface area (Å²) in [6.45, 7) is 8.40. The van der Waals surface area contributed by atoms with Crippen molar-refractivity contribution < 1.29 is 4.74 Å². The molecule has 14 heavy (non-hydrogen) atoms. The summed E-state index contributed by atoms with van der Waals surface area (Å²) in [6.07, 6.45) is 5.95. The highest BCUT2D eigenvalue weighted by atomic mass is 16.5. The van der Waals surface area contributed by atoms with Gasteiger partial charge in [-0.25, -0.2) is 0 Å². The van der Waals surface area contributed by atoms with Gasteiger partial charge in [-0.05, 0) is 44.9 Å². The zero-order valence-electron chi connectivity index (χ0n) is 10.1. The van der Waals surface area contributed by atoms with E-state index < -0.39 is 0 Å². The quantitative estimate of drug-likeness (QED) is 0.582. The van der Waals surface area contributed by atoms with E-state index in [-0.39, 0.29) is 0 Å². The number of unbranched alkanes of at least 4 members (excludes halogenated alkanes) is 1. The van der Waals surface area contributed by atoms with Crippen LogP contribution < -0.4 is 5.73 Å². The lowest BCUT2D eigenvalue weighted by molar-refractivity contribution is 0.123. The summed E-state index contributed by atoms with van der Waals surface area (Å²) in [7, 11) is 0. The molecule has 0 radical (unpaired) electrons. The first-order valence-corrected chi connectivity index (χ1v) is 5.96. The van der Waals surface area contributed by atoms with E-state index in [9.17, 15) is 0 Å². The van der Waals surface area contributed by atoms with Crippen molar-refractivity contribution in [2.75, 3.05) is 13.2 Å². The molecule has 0 rings (SSSR count). The van der Waals surface area contributed by atoms with Crippen LogP contribution in [-0.2, 0) is 4.74 Å². The van der Waals surface area contributed by atoms with Crippen molar-refractivity contribution in [1.29, 1.82) is 0 Å². The van der Waals surface area contributed by atoms with Gasteiger partial charge in [0.15, 0.2) is 0 Å². The Morgan fingerprint density at radius 3 is 2.14 bits per heavy atom. The van der Waals surface area contributed by atoms with Crippen LogP contribution in [0.25, 0.3) is 0 Å². The van der Waals surface area contributed by atoms with Gasteiger partial charge in [0.05, 0.1) is 0 Å². The summed E-state index contributed by atoms with van der Waals surface area (Å²) in [5.41, 5.74) is 5.65. The van der Waals surface area contributed by atoms with Crippen LogP contribution >= 0.6 is 0 Å². The molecule has 0 aromatic carbocycles. The summed E-state index contributed by atoms with van der Waals surface area (Å²) < 4.78 is 5.53. The molecule has 0 aromatic rings. The molecule has 0 aliphatic rings. The summed E-state index contributed by atoms with van der Waals surface area (Å²) in [4.78, 5) is 0. The molecule has 0 aliphatic carbocycles. The van der Waals surface area contributed by atoms with Gasteiger partial charge in [0.25, 0.3) is 0 Å². The highest BCUT2D eigenvalue weighted by molar-refractivity contribution is 4.52. The van der Waals surface area contributed by atoms with E-state index in [2.05, 4.69) is 20.8 Å². The van der Waals surface area contributed by atoms with Crippen LogP contribution in [0.4, 0.5) is 0 Å². The molecule has 2 nitrogen and oxygen atoms in total. The number of ether oxygens (including phenoxy) is 1. The van der Waals surface area contributed by atoms with E-state index in [1.165, 1.54) is 19.3 Å². The molecule has 0 bridgehead atoms. The molecule has 2 heteroatoms. The zero-order valence-corrected chi connectivity index (χ0v) is 10.1. The highest BCUT2D eigenvalue weighted by Crippen LogP contribution is 2.04. The summed E-state index contributed by atoms with van der Waals surface area (Å²) in [5, 5.41) is 0. The van der Waals surface area contributed by atoms with Gasteiger partial charge in [0.2, 0.25) is 0 Å². The van der Waals surface area contributed by atoms with Gasteiger partial charge in [-0.15, -0.1) is 0 Å². The maximum atomic E-state index is 5.65. The standard InChI is InChI=1S/C12H27NO/c1-11(2)7-6-10-14-9-5-4-8-12(3)13/h11-12H,4-10,13H2,1-3H3. The summed E-state index contributed by atoms with van der Waals surface area (Å²) >= 11 is 0. The van der Waals surface area contributed by atoms with E-state index in [0.29, 0.717) is 6.04 Å². The third-order valence-electron chi connectivity index (χ3n) is 2.27. The van der Waals surface area contributed by atoms with Crippen LogP contribution in [0.2, 0.25) is 0 Å². The van der Waals surface area contributed by atoms with Crippen LogP contribution in [0.5, 0.6) is 0 Å². The molecule has 0 saturated carbocycles. The number of hydrogen-bond acceptors (Lipinski definition) is 2. The van der Waals surface area contributed by atoms with Crippen LogP contribution in [-0.4, -0.2) is 19.3 Å². The smallest absolute Gasteiger partial charge is 0.0466 e. The van der Waals surface area contributed by atoms with Crippen molar-refractivity contribution in [3.63, 3.8) is 0 Å². The molecule has 0 amide bonds. The Hall–Kier alpha value is -0.0800. The highest BCUT2D eigenvalue weighted by Gasteiger charge is 1.96. The van der Waals surface area contributed by atoms with Gasteiger partial charge in [-0.3, -0.25) is 0 Å². The average Bonchev–Trinajstić information content (AvgIpc) is 2.08. The predicted octanol–water partition coefficient (Wildman–Crippen LogP) is 2.96. The molecular formula is C12H27NO. The molecule has 0 aliphatic heterocycles. The number of rotatable bonds is 9. The lowest BCUT2D eigenvalue weighted by Crippen LogP contribution is -2.14. The fourth-order valence-electron chi connectivity index (χ4n) is 1.37. The second-order valence-corrected chi connectivity index (χ2v) is 4.62. The third-order valence-corrected chi connectivity index (χ3v) is 2.27. The lowest BCUT2D eigenvalue weighted by atomic mass is 10.1. The fraction of sp³-hybridized carbons (Fsp3) is 1.00. The normalized spacial score (nSPS) is 13.5. The second-order valence-electron chi connectivity index (χ2n) is 4.62. The maximum Gasteiger partial charge on any atom is 0.0466 e. The van der Waals surface area contributed by atoms with Gasteiger partial charge in [0.1, 0.15) is 0 Å². The molecule has 1 atom stereocenters. The number of nitrogens with two attached hydrogens (primary N) is 1. The fourth-order valence-corrected chi connectivity index (χ4v) is 1.37. The van der Waals surface area contributed by atoms with Crippen LogP contribution in [0, 0.1) is 5.92 Å². The molecule has 0 aromatic heterocycles. The molecule has 2 N–H and O–H groups in total. The van der Waals surface area contributed by atoms with E-state index in [1.807, 2.05) is 0 Å². The first kappa shape index (κ1) is 13.9. The van der Waals surface area contributed by atoms with Crippen molar-refractivity contribution in [1.82, 2.24) is 0 Å². The van der Waals surface area contributed by atoms with Crippen molar-refractivity contribution >= 4 is 0 Å². The van der Waals surface area contributed by atoms with Gasteiger partial charge in [0, 0.05) is 19.3 Å². The van der Waals surface area contributed by atoms with E-state index >= 15 is 0 Å². The van der Waals surface area contributed by atoms with E-state index in [0.717, 1.165) is 32.0 Å². The second kappa shape index (κ2) is 9.47. The van der Waals surface area contributed by atoms with Gasteiger partial charge >= 0.3 is 0 Å². The van der Waals surface area contributed by atoms with Crippen molar-refractivity contribution in [2.24, 2.45) is 11.7 Å². The van der Waals surface area contributed by atoms with Crippen molar-refractivity contribution in [2.45, 2.75) is 58.9 Å². The SMILES string of the molecule is CC(C)CCCOCCCCC(C)N. The number of hydrogen-bond donors (Lipinski definition) is 1. The predicted molar refractivity (Wildman–Crippen MR) is 62.4 cm³/mol. The molecule has 1 unspecified atom stereocenters. The molecule has 0 saturated heterocycles. The van der Waals surface area contributed by atoms with Crippen LogP contribution in [0.3, 0.4) is 0 Å². The monoisotopic (exact) mass is 201 g/mol. The molecule has 0 heterocycles. The maximum absolute atomic E-state index is 5.65. The van der Waals surface area contributed by atoms with Crippen molar-refractivity contribution in [3.05, 3.63) is 0 Å². The largest absolute Gasteiger partial charge is 0.381 e. The Balaban J connectivity index is 2.92. The minimum Gasteiger partial charge on any atom is -0.381 e. The topological polar surface area (TPSA) is 35.2 Å². The Morgan fingerprint density at radius 1 is 0.929 bits per heavy atom. The Morgan fingerprint density at radius 2 is 1.57 bits per heavy atom. The van der Waals surface area contributed by atoms with Crippen LogP contribution in [0.1, 0.15) is 52.9 Å². The van der Waals surface area contributed by atoms with Gasteiger partial charge in [-0.1, -0.05) is 13.8 Å². The van der Waals surface area contributed by atoms with E-state index in [1.54, 1.807) is 0 Å². The first-order chi connectivity index (χ1) is 6.63. The Labute approximate surface area is 89.2 Å². The Bertz CT molecular complexity index is 98.9. The van der Waals surface area contributed by atoms with Gasteiger partial charge in [-0.2, -0.15) is 0 Å². The first-order valence-electron chi connectivity index (χ1n) is 5.96. The average molecular weight is 201 g/mol. The minimum atomic E-state index is 0.343. The van der Waals surface area contributed by atoms with Crippen molar-refractivity contribution in [3.8, 4) is 0 Å². The molecule has 0 spiro atoms. The summed E-state index contributed by atoms with van der Waals surface area (Å²) in [6, 6.07) is 0.343. The molecular weight excluding hydrogens is 174 g/mol. The lowest BCUT2D eigenvalue weighted by Gasteiger charge is -2.07. The Kier molecular flexibility index (Phi) is 9.42. The molecule has 86 valence electrons. The van der Waals surface area contributed by atoms with E-state index in [4.69, 9.17) is 10.5 Å². The summed E-state index contributed by atoms with van der Waals surface area (Å²) in [5.74, 6) is 0.802.